The molecule has 0 amide bonds. The van der Waals surface area contributed by atoms with E-state index in [-0.39, 0.29) is 11.7 Å². The second-order valence-electron chi connectivity index (χ2n) is 5.92. The lowest BCUT2D eigenvalue weighted by atomic mass is 9.99. The van der Waals surface area contributed by atoms with E-state index < -0.39 is 10.0 Å². The van der Waals surface area contributed by atoms with Gasteiger partial charge in [-0.15, -0.1) is 16.8 Å². The number of aromatic nitrogens is 3. The van der Waals surface area contributed by atoms with Crippen molar-refractivity contribution in [2.45, 2.75) is 44.1 Å². The van der Waals surface area contributed by atoms with Crippen molar-refractivity contribution in [1.29, 1.82) is 0 Å². The minimum atomic E-state index is -3.18. The minimum absolute atomic E-state index is 0.151. The van der Waals surface area contributed by atoms with Crippen molar-refractivity contribution < 1.29 is 8.42 Å². The Labute approximate surface area is 125 Å². The van der Waals surface area contributed by atoms with E-state index in [1.54, 1.807) is 16.7 Å². The maximum Gasteiger partial charge on any atom is 0.214 e. The zero-order valence-electron chi connectivity index (χ0n) is 12.2. The average Bonchev–Trinajstić information content (AvgIpc) is 3.22. The number of nitrogens with zero attached hydrogens (tertiary/aromatic N) is 4. The molecule has 1 aliphatic heterocycles. The number of piperidine rings is 1. The summed E-state index contributed by atoms with van der Waals surface area (Å²) in [4.78, 5) is 0. The number of allylic oxidation sites excluding steroid dienone is 1. The molecular formula is C14H22N4O2S. The van der Waals surface area contributed by atoms with E-state index in [2.05, 4.69) is 21.3 Å². The molecule has 116 valence electrons. The van der Waals surface area contributed by atoms with Gasteiger partial charge in [-0.1, -0.05) is 6.08 Å². The molecule has 1 saturated carbocycles. The molecule has 0 N–H and O–H groups in total. The molecule has 1 atom stereocenters. The van der Waals surface area contributed by atoms with Gasteiger partial charge in [-0.05, 0) is 32.1 Å². The molecule has 0 spiro atoms. The van der Waals surface area contributed by atoms with Crippen molar-refractivity contribution in [2.75, 3.05) is 18.8 Å². The molecule has 2 heterocycles. The Morgan fingerprint density at radius 3 is 2.90 bits per heavy atom. The molecule has 2 fully saturated rings. The predicted octanol–water partition coefficient (Wildman–Crippen LogP) is 1.70. The van der Waals surface area contributed by atoms with Crippen LogP contribution in [0, 0.1) is 0 Å². The van der Waals surface area contributed by atoms with Gasteiger partial charge in [0.05, 0.1) is 5.75 Å². The predicted molar refractivity (Wildman–Crippen MR) is 80.4 cm³/mol. The molecule has 0 radical (unpaired) electrons. The maximum absolute atomic E-state index is 12.3. The second-order valence-corrected chi connectivity index (χ2v) is 8.01. The lowest BCUT2D eigenvalue weighted by molar-refractivity contribution is 0.304. The van der Waals surface area contributed by atoms with Crippen molar-refractivity contribution >= 4 is 10.0 Å². The molecule has 1 aromatic heterocycles. The Kier molecular flexibility index (Phi) is 4.12. The fourth-order valence-electron chi connectivity index (χ4n) is 2.95. The van der Waals surface area contributed by atoms with E-state index in [9.17, 15) is 8.42 Å². The van der Waals surface area contributed by atoms with Crippen LogP contribution in [-0.2, 0) is 10.0 Å². The van der Waals surface area contributed by atoms with Gasteiger partial charge in [0.1, 0.15) is 12.2 Å². The Morgan fingerprint density at radius 1 is 1.38 bits per heavy atom. The fourth-order valence-corrected chi connectivity index (χ4v) is 4.48. The highest BCUT2D eigenvalue weighted by atomic mass is 32.2. The highest BCUT2D eigenvalue weighted by Gasteiger charge is 2.34. The van der Waals surface area contributed by atoms with Crippen LogP contribution in [0.4, 0.5) is 0 Å². The van der Waals surface area contributed by atoms with Crippen LogP contribution >= 0.6 is 0 Å². The lowest BCUT2D eigenvalue weighted by Crippen LogP contribution is -2.40. The topological polar surface area (TPSA) is 68.1 Å². The summed E-state index contributed by atoms with van der Waals surface area (Å²) >= 11 is 0. The lowest BCUT2D eigenvalue weighted by Gasteiger charge is -2.31. The standard InChI is InChI=1S/C14H22N4O2S/c1-2-3-9-21(19,20)17-8-4-5-12(10-17)14-16-15-11-18(14)13-6-7-13/h2,11-13H,1,3-10H2/t12-/m0/s1. The molecule has 3 rings (SSSR count). The first-order chi connectivity index (χ1) is 10.1. The third kappa shape index (κ3) is 3.18. The first kappa shape index (κ1) is 14.7. The van der Waals surface area contributed by atoms with E-state index >= 15 is 0 Å². The molecule has 0 unspecified atom stereocenters. The molecular weight excluding hydrogens is 288 g/mol. The second kappa shape index (κ2) is 5.88. The van der Waals surface area contributed by atoms with Crippen LogP contribution in [-0.4, -0.2) is 46.3 Å². The van der Waals surface area contributed by atoms with E-state index in [1.165, 1.54) is 12.8 Å². The molecule has 1 aliphatic carbocycles. The van der Waals surface area contributed by atoms with Gasteiger partial charge in [-0.3, -0.25) is 0 Å². The van der Waals surface area contributed by atoms with Crippen LogP contribution in [0.5, 0.6) is 0 Å². The SMILES string of the molecule is C=CCCS(=O)(=O)N1CCC[C@H](c2nncn2C2CC2)C1. The highest BCUT2D eigenvalue weighted by molar-refractivity contribution is 7.89. The zero-order chi connectivity index (χ0) is 14.9. The van der Waals surface area contributed by atoms with Crippen molar-refractivity contribution in [2.24, 2.45) is 0 Å². The van der Waals surface area contributed by atoms with Crippen LogP contribution in [0.15, 0.2) is 19.0 Å². The van der Waals surface area contributed by atoms with Crippen LogP contribution in [0.2, 0.25) is 0 Å². The van der Waals surface area contributed by atoms with Crippen molar-refractivity contribution in [3.05, 3.63) is 24.8 Å². The van der Waals surface area contributed by atoms with Gasteiger partial charge in [0, 0.05) is 25.0 Å². The van der Waals surface area contributed by atoms with E-state index in [0.29, 0.717) is 25.6 Å². The Bertz CT molecular complexity index is 606. The quantitative estimate of drug-likeness (QED) is 0.750. The normalized spacial score (nSPS) is 24.1. The first-order valence-corrected chi connectivity index (χ1v) is 9.21. The van der Waals surface area contributed by atoms with Crippen molar-refractivity contribution in [3.63, 3.8) is 0 Å². The smallest absolute Gasteiger partial charge is 0.214 e. The molecule has 7 heteroatoms. The van der Waals surface area contributed by atoms with Crippen LogP contribution in [0.1, 0.15) is 49.9 Å². The van der Waals surface area contributed by atoms with E-state index in [0.717, 1.165) is 18.7 Å². The van der Waals surface area contributed by atoms with Gasteiger partial charge in [0.2, 0.25) is 10.0 Å². The van der Waals surface area contributed by atoms with E-state index in [4.69, 9.17) is 0 Å². The number of sulfonamides is 1. The molecule has 21 heavy (non-hydrogen) atoms. The van der Waals surface area contributed by atoms with Gasteiger partial charge < -0.3 is 4.57 Å². The van der Waals surface area contributed by atoms with Crippen molar-refractivity contribution in [1.82, 2.24) is 19.1 Å². The van der Waals surface area contributed by atoms with Gasteiger partial charge in [-0.25, -0.2) is 12.7 Å². The third-order valence-corrected chi connectivity index (χ3v) is 6.13. The molecule has 1 saturated heterocycles. The summed E-state index contributed by atoms with van der Waals surface area (Å²) in [5, 5.41) is 8.28. The van der Waals surface area contributed by atoms with Gasteiger partial charge in [0.25, 0.3) is 0 Å². The number of hydrogen-bond donors (Lipinski definition) is 0. The molecule has 0 bridgehead atoms. The monoisotopic (exact) mass is 310 g/mol. The molecule has 0 aromatic carbocycles. The summed E-state index contributed by atoms with van der Waals surface area (Å²) in [7, 11) is -3.18. The highest BCUT2D eigenvalue weighted by Crippen LogP contribution is 2.38. The van der Waals surface area contributed by atoms with Gasteiger partial charge >= 0.3 is 0 Å². The summed E-state index contributed by atoms with van der Waals surface area (Å²) in [5.41, 5.74) is 0. The fraction of sp³-hybridized carbons (Fsp3) is 0.714. The Hall–Kier alpha value is -1.21. The molecule has 2 aliphatic rings. The summed E-state index contributed by atoms with van der Waals surface area (Å²) in [6.45, 7) is 4.75. The summed E-state index contributed by atoms with van der Waals surface area (Å²) in [6, 6.07) is 0.530. The third-order valence-electron chi connectivity index (χ3n) is 4.26. The zero-order valence-corrected chi connectivity index (χ0v) is 13.0. The minimum Gasteiger partial charge on any atom is -0.314 e. The maximum atomic E-state index is 12.3. The van der Waals surface area contributed by atoms with Crippen LogP contribution in [0.25, 0.3) is 0 Å². The van der Waals surface area contributed by atoms with Crippen molar-refractivity contribution in [3.8, 4) is 0 Å². The number of rotatable bonds is 6. The number of hydrogen-bond acceptors (Lipinski definition) is 4. The molecule has 6 nitrogen and oxygen atoms in total. The summed E-state index contributed by atoms with van der Waals surface area (Å²) in [6.07, 6.45) is 8.18. The first-order valence-electron chi connectivity index (χ1n) is 7.60. The summed E-state index contributed by atoms with van der Waals surface area (Å²) in [5.74, 6) is 1.28. The Balaban J connectivity index is 1.73. The van der Waals surface area contributed by atoms with Gasteiger partial charge in [-0.2, -0.15) is 0 Å². The van der Waals surface area contributed by atoms with E-state index in [1.807, 2.05) is 0 Å². The van der Waals surface area contributed by atoms with Crippen LogP contribution < -0.4 is 0 Å². The molecule has 1 aromatic rings. The Morgan fingerprint density at radius 2 is 2.19 bits per heavy atom. The summed E-state index contributed by atoms with van der Waals surface area (Å²) < 4.78 is 28.4. The van der Waals surface area contributed by atoms with Gasteiger partial charge in [0.15, 0.2) is 0 Å². The van der Waals surface area contributed by atoms with Crippen LogP contribution in [0.3, 0.4) is 0 Å². The largest absolute Gasteiger partial charge is 0.314 e. The average molecular weight is 310 g/mol.